The highest BCUT2D eigenvalue weighted by Crippen LogP contribution is 2.28. The van der Waals surface area contributed by atoms with Gasteiger partial charge in [0.1, 0.15) is 5.69 Å². The minimum Gasteiger partial charge on any atom is -0.325 e. The zero-order valence-corrected chi connectivity index (χ0v) is 12.7. The topological polar surface area (TPSA) is 56.7 Å². The molecule has 0 radical (unpaired) electrons. The molecule has 1 aromatic heterocycles. The number of hydrogen-bond acceptors (Lipinski definition) is 4. The molecule has 5 heteroatoms. The second-order valence-corrected chi connectivity index (χ2v) is 6.33. The van der Waals surface area contributed by atoms with Crippen LogP contribution in [0, 0.1) is 0 Å². The van der Waals surface area contributed by atoms with E-state index in [0.29, 0.717) is 6.54 Å². The van der Waals surface area contributed by atoms with Crippen LogP contribution in [0.4, 0.5) is 0 Å². The maximum Gasteiger partial charge on any atom is 0.100 e. The van der Waals surface area contributed by atoms with Crippen molar-refractivity contribution in [2.24, 2.45) is 5.73 Å². The second kappa shape index (κ2) is 5.35. The molecule has 0 bridgehead atoms. The van der Waals surface area contributed by atoms with Gasteiger partial charge in [-0.15, -0.1) is 16.9 Å². The summed E-state index contributed by atoms with van der Waals surface area (Å²) in [5.41, 5.74) is 8.70. The summed E-state index contributed by atoms with van der Waals surface area (Å²) in [4.78, 5) is 1.21. The van der Waals surface area contributed by atoms with Gasteiger partial charge in [0.25, 0.3) is 0 Å². The summed E-state index contributed by atoms with van der Waals surface area (Å²) in [5, 5.41) is 8.49. The molecule has 1 aromatic carbocycles. The van der Waals surface area contributed by atoms with Gasteiger partial charge in [-0.2, -0.15) is 0 Å². The second-order valence-electron chi connectivity index (χ2n) is 5.45. The summed E-state index contributed by atoms with van der Waals surface area (Å²) in [6.45, 7) is 6.87. The molecule has 1 heterocycles. The smallest absolute Gasteiger partial charge is 0.100 e. The Morgan fingerprint density at radius 2 is 2.05 bits per heavy atom. The molecule has 0 aliphatic rings. The van der Waals surface area contributed by atoms with Crippen LogP contribution in [0.25, 0.3) is 5.69 Å². The lowest BCUT2D eigenvalue weighted by atomic mass is 9.90. The van der Waals surface area contributed by atoms with Crippen molar-refractivity contribution >= 4 is 11.8 Å². The van der Waals surface area contributed by atoms with Gasteiger partial charge < -0.3 is 5.73 Å². The van der Waals surface area contributed by atoms with E-state index in [1.807, 2.05) is 16.8 Å². The first kappa shape index (κ1) is 14.1. The van der Waals surface area contributed by atoms with E-state index >= 15 is 0 Å². The first-order chi connectivity index (χ1) is 8.97. The van der Waals surface area contributed by atoms with Gasteiger partial charge in [-0.25, -0.2) is 4.68 Å². The Labute approximate surface area is 118 Å². The van der Waals surface area contributed by atoms with Crippen LogP contribution in [-0.4, -0.2) is 21.2 Å². The van der Waals surface area contributed by atoms with Gasteiger partial charge in [0.05, 0.1) is 11.4 Å². The average molecular weight is 276 g/mol. The molecule has 19 heavy (non-hydrogen) atoms. The van der Waals surface area contributed by atoms with E-state index in [4.69, 9.17) is 5.73 Å². The van der Waals surface area contributed by atoms with E-state index in [1.165, 1.54) is 4.90 Å². The van der Waals surface area contributed by atoms with E-state index in [1.54, 1.807) is 11.8 Å². The molecular formula is C14H20N4S. The normalized spacial score (nSPS) is 11.8. The van der Waals surface area contributed by atoms with Gasteiger partial charge in [-0.1, -0.05) is 32.1 Å². The van der Waals surface area contributed by atoms with Gasteiger partial charge in [0.2, 0.25) is 0 Å². The molecule has 4 nitrogen and oxygen atoms in total. The monoisotopic (exact) mass is 276 g/mol. The van der Waals surface area contributed by atoms with Crippen LogP contribution in [0.1, 0.15) is 32.2 Å². The summed E-state index contributed by atoms with van der Waals surface area (Å²) in [5.74, 6) is 0. The SMILES string of the molecule is CSc1cccc(-n2nnc(CN)c2C(C)(C)C)c1. The molecule has 0 amide bonds. The predicted octanol–water partition coefficient (Wildman–Crippen LogP) is 2.75. The van der Waals surface area contributed by atoms with E-state index in [0.717, 1.165) is 17.1 Å². The largest absolute Gasteiger partial charge is 0.325 e. The molecule has 0 saturated carbocycles. The number of benzene rings is 1. The zero-order valence-electron chi connectivity index (χ0n) is 11.8. The minimum atomic E-state index is -0.0481. The number of rotatable bonds is 3. The van der Waals surface area contributed by atoms with E-state index < -0.39 is 0 Å². The van der Waals surface area contributed by atoms with E-state index in [2.05, 4.69) is 49.5 Å². The van der Waals surface area contributed by atoms with Gasteiger partial charge in [-0.3, -0.25) is 0 Å². The number of nitrogens with zero attached hydrogens (tertiary/aromatic N) is 3. The van der Waals surface area contributed by atoms with Crippen molar-refractivity contribution in [3.05, 3.63) is 35.7 Å². The summed E-state index contributed by atoms with van der Waals surface area (Å²) in [6.07, 6.45) is 2.07. The molecule has 102 valence electrons. The van der Waals surface area contributed by atoms with E-state index in [9.17, 15) is 0 Å². The molecule has 0 atom stereocenters. The quantitative estimate of drug-likeness (QED) is 0.876. The van der Waals surface area contributed by atoms with Gasteiger partial charge in [0, 0.05) is 16.9 Å². The number of hydrogen-bond donors (Lipinski definition) is 1. The standard InChI is InChI=1S/C14H20N4S/c1-14(2,3)13-12(9-15)16-17-18(13)10-6-5-7-11(8-10)19-4/h5-8H,9,15H2,1-4H3. The first-order valence-electron chi connectivity index (χ1n) is 6.27. The molecule has 0 saturated heterocycles. The lowest BCUT2D eigenvalue weighted by Gasteiger charge is -2.21. The van der Waals surface area contributed by atoms with Crippen molar-refractivity contribution in [1.29, 1.82) is 0 Å². The number of thioether (sulfide) groups is 1. The molecule has 2 aromatic rings. The van der Waals surface area contributed by atoms with Gasteiger partial charge >= 0.3 is 0 Å². The Morgan fingerprint density at radius 1 is 1.32 bits per heavy atom. The number of aromatic nitrogens is 3. The van der Waals surface area contributed by atoms with Crippen LogP contribution < -0.4 is 5.73 Å². The van der Waals surface area contributed by atoms with Crippen LogP contribution in [0.3, 0.4) is 0 Å². The Kier molecular flexibility index (Phi) is 3.96. The Hall–Kier alpha value is -1.33. The molecule has 0 aliphatic heterocycles. The molecule has 0 unspecified atom stereocenters. The van der Waals surface area contributed by atoms with Crippen LogP contribution in [-0.2, 0) is 12.0 Å². The minimum absolute atomic E-state index is 0.0481. The zero-order chi connectivity index (χ0) is 14.0. The highest BCUT2D eigenvalue weighted by atomic mass is 32.2. The van der Waals surface area contributed by atoms with Crippen LogP contribution in [0.5, 0.6) is 0 Å². The average Bonchev–Trinajstić information content (AvgIpc) is 2.82. The van der Waals surface area contributed by atoms with E-state index in [-0.39, 0.29) is 5.41 Å². The van der Waals surface area contributed by atoms with Crippen molar-refractivity contribution < 1.29 is 0 Å². The summed E-state index contributed by atoms with van der Waals surface area (Å²) >= 11 is 1.72. The summed E-state index contributed by atoms with van der Waals surface area (Å²) in [6, 6.07) is 8.29. The summed E-state index contributed by atoms with van der Waals surface area (Å²) < 4.78 is 1.90. The molecule has 2 rings (SSSR count). The molecule has 2 N–H and O–H groups in total. The van der Waals surface area contributed by atoms with Crippen molar-refractivity contribution in [1.82, 2.24) is 15.0 Å². The van der Waals surface area contributed by atoms with Crippen LogP contribution >= 0.6 is 11.8 Å². The van der Waals surface area contributed by atoms with Crippen molar-refractivity contribution in [2.45, 2.75) is 37.6 Å². The third-order valence-corrected chi connectivity index (χ3v) is 3.67. The third-order valence-electron chi connectivity index (χ3n) is 2.94. The van der Waals surface area contributed by atoms with Crippen molar-refractivity contribution in [2.75, 3.05) is 6.26 Å². The van der Waals surface area contributed by atoms with Crippen molar-refractivity contribution in [3.8, 4) is 5.69 Å². The van der Waals surface area contributed by atoms with Gasteiger partial charge in [-0.05, 0) is 24.5 Å². The fourth-order valence-electron chi connectivity index (χ4n) is 2.12. The van der Waals surface area contributed by atoms with Gasteiger partial charge in [0.15, 0.2) is 0 Å². The van der Waals surface area contributed by atoms with Crippen LogP contribution in [0.2, 0.25) is 0 Å². The lowest BCUT2D eigenvalue weighted by Crippen LogP contribution is -2.20. The Morgan fingerprint density at radius 3 is 2.63 bits per heavy atom. The molecule has 0 aliphatic carbocycles. The maximum atomic E-state index is 5.77. The lowest BCUT2D eigenvalue weighted by molar-refractivity contribution is 0.537. The Balaban J connectivity index is 2.59. The third kappa shape index (κ3) is 2.82. The summed E-state index contributed by atoms with van der Waals surface area (Å²) in [7, 11) is 0. The molecule has 0 spiro atoms. The first-order valence-corrected chi connectivity index (χ1v) is 7.49. The highest BCUT2D eigenvalue weighted by molar-refractivity contribution is 7.98. The fourth-order valence-corrected chi connectivity index (χ4v) is 2.58. The maximum absolute atomic E-state index is 5.77. The van der Waals surface area contributed by atoms with Crippen molar-refractivity contribution in [3.63, 3.8) is 0 Å². The Bertz CT molecular complexity index is 569. The highest BCUT2D eigenvalue weighted by Gasteiger charge is 2.25. The van der Waals surface area contributed by atoms with Crippen LogP contribution in [0.15, 0.2) is 29.2 Å². The predicted molar refractivity (Wildman–Crippen MR) is 79.7 cm³/mol. The number of nitrogens with two attached hydrogens (primary N) is 1. The molecule has 0 fully saturated rings. The fraction of sp³-hybridized carbons (Fsp3) is 0.429. The molecular weight excluding hydrogens is 256 g/mol.